The van der Waals surface area contributed by atoms with Gasteiger partial charge in [0.15, 0.2) is 6.29 Å². The van der Waals surface area contributed by atoms with Crippen molar-refractivity contribution in [3.05, 3.63) is 0 Å². The van der Waals surface area contributed by atoms with Crippen LogP contribution in [0.4, 0.5) is 0 Å². The summed E-state index contributed by atoms with van der Waals surface area (Å²) in [6.45, 7) is -0.658. The van der Waals surface area contributed by atoms with E-state index >= 15 is 0 Å². The van der Waals surface area contributed by atoms with E-state index in [-0.39, 0.29) is 49.9 Å². The second-order valence-corrected chi connectivity index (χ2v) is 18.7. The lowest BCUT2D eigenvalue weighted by molar-refractivity contribution is -0.355. The second kappa shape index (κ2) is 17.8. The van der Waals surface area contributed by atoms with Crippen LogP contribution in [0.1, 0.15) is 64.2 Å². The van der Waals surface area contributed by atoms with Crippen molar-refractivity contribution in [2.45, 2.75) is 193 Å². The molecule has 4 saturated carbocycles. The number of fused-ring (bicyclic) bond motifs is 1. The van der Waals surface area contributed by atoms with E-state index in [4.69, 9.17) is 33.2 Å². The molecule has 0 aromatic rings. The van der Waals surface area contributed by atoms with E-state index in [9.17, 15) is 56.2 Å². The standard InChI is InChI=1S/C40H66O18/c1-52-27-6-15(7-28(53-2)32(27)48)37-39(58-40-35(51)34(50)33(49)29(13-41)56-40)18-11-26(54-24-8-16(42)9-25(55-37)30(18)24)31-22(46)12-20(44)17-10-23(47)36(57-38(17)31)14-3-4-19(43)21(45)5-14/h14-51H,3-13H2,1-2H3/t14?,15?,16?,17?,18?,19?,20?,21?,22?,23-,24?,25?,26?,27?,28?,29+,30?,31?,32?,33+,34-,35+,36+,37?,38?,39?,40-/m0/s1. The first-order chi connectivity index (χ1) is 27.7. The molecule has 8 fully saturated rings. The van der Waals surface area contributed by atoms with Crippen molar-refractivity contribution in [2.24, 2.45) is 35.5 Å². The van der Waals surface area contributed by atoms with Crippen LogP contribution in [0.3, 0.4) is 0 Å². The zero-order valence-corrected chi connectivity index (χ0v) is 33.1. The number of hydrogen-bond donors (Lipinski definition) is 11. The van der Waals surface area contributed by atoms with E-state index < -0.39 is 153 Å². The van der Waals surface area contributed by atoms with Gasteiger partial charge >= 0.3 is 0 Å². The largest absolute Gasteiger partial charge is 0.394 e. The van der Waals surface area contributed by atoms with E-state index in [1.807, 2.05) is 0 Å². The normalized spacial score (nSPS) is 57.6. The van der Waals surface area contributed by atoms with Crippen LogP contribution >= 0.6 is 0 Å². The van der Waals surface area contributed by atoms with E-state index in [0.29, 0.717) is 32.1 Å². The number of rotatable bonds is 8. The van der Waals surface area contributed by atoms with Crippen LogP contribution in [0, 0.1) is 35.5 Å². The zero-order valence-electron chi connectivity index (χ0n) is 33.1. The SMILES string of the molecule is COC1CC(C2OC3CC(O)CC4OC(C5C(O)CC(O)C6C[C@H](O)[C@@H](C7CCC(O)C(O)C7)OC65)CC(C2O[C@@H]2O[C@H](CO)[C@@H](O)[C@H](O)[C@H]2O)C43)CC(OC)C1O. The van der Waals surface area contributed by atoms with Crippen molar-refractivity contribution in [3.63, 3.8) is 0 Å². The molecule has 18 unspecified atom stereocenters. The molecule has 18 heteroatoms. The lowest BCUT2D eigenvalue weighted by Gasteiger charge is -2.60. The third-order valence-corrected chi connectivity index (χ3v) is 15.5. The van der Waals surface area contributed by atoms with Crippen molar-refractivity contribution in [1.29, 1.82) is 0 Å². The van der Waals surface area contributed by atoms with E-state index in [0.717, 1.165) is 0 Å². The third-order valence-electron chi connectivity index (χ3n) is 15.5. The van der Waals surface area contributed by atoms with Crippen LogP contribution in [0.2, 0.25) is 0 Å². The minimum atomic E-state index is -1.71. The van der Waals surface area contributed by atoms with Gasteiger partial charge < -0.3 is 89.3 Å². The molecule has 4 heterocycles. The van der Waals surface area contributed by atoms with Gasteiger partial charge in [0.2, 0.25) is 0 Å². The molecule has 334 valence electrons. The number of aliphatic hydroxyl groups excluding tert-OH is 11. The molecule has 18 nitrogen and oxygen atoms in total. The van der Waals surface area contributed by atoms with Crippen molar-refractivity contribution >= 4 is 0 Å². The molecule has 58 heavy (non-hydrogen) atoms. The maximum Gasteiger partial charge on any atom is 0.187 e. The molecular formula is C40H66O18. The molecule has 11 N–H and O–H groups in total. The Labute approximate surface area is 337 Å². The number of ether oxygens (including phenoxy) is 7. The van der Waals surface area contributed by atoms with Gasteiger partial charge in [-0.15, -0.1) is 0 Å². The molecule has 0 spiro atoms. The summed E-state index contributed by atoms with van der Waals surface area (Å²) in [5.41, 5.74) is 0. The van der Waals surface area contributed by atoms with Gasteiger partial charge in [0.1, 0.15) is 30.5 Å². The topological polar surface area (TPSA) is 287 Å². The first kappa shape index (κ1) is 43.9. The highest BCUT2D eigenvalue weighted by Crippen LogP contribution is 2.54. The first-order valence-corrected chi connectivity index (χ1v) is 21.5. The highest BCUT2D eigenvalue weighted by atomic mass is 16.7. The van der Waals surface area contributed by atoms with Crippen LogP contribution in [0.25, 0.3) is 0 Å². The molecule has 4 saturated heterocycles. The lowest BCUT2D eigenvalue weighted by atomic mass is 9.61. The minimum absolute atomic E-state index is 0.0164. The van der Waals surface area contributed by atoms with Crippen LogP contribution in [0.5, 0.6) is 0 Å². The molecule has 4 aliphatic carbocycles. The monoisotopic (exact) mass is 834 g/mol. The summed E-state index contributed by atoms with van der Waals surface area (Å²) in [5.74, 6) is -2.63. The third kappa shape index (κ3) is 8.05. The second-order valence-electron chi connectivity index (χ2n) is 18.7. The van der Waals surface area contributed by atoms with Gasteiger partial charge in [-0.1, -0.05) is 0 Å². The van der Waals surface area contributed by atoms with Crippen LogP contribution < -0.4 is 0 Å². The number of methoxy groups -OCH3 is 2. The predicted octanol–water partition coefficient (Wildman–Crippen LogP) is -3.32. The molecule has 25 atom stereocenters. The molecule has 8 aliphatic rings. The average Bonchev–Trinajstić information content (AvgIpc) is 3.19. The zero-order chi connectivity index (χ0) is 41.3. The predicted molar refractivity (Wildman–Crippen MR) is 195 cm³/mol. The van der Waals surface area contributed by atoms with Gasteiger partial charge in [0.25, 0.3) is 0 Å². The van der Waals surface area contributed by atoms with E-state index in [2.05, 4.69) is 0 Å². The molecule has 0 radical (unpaired) electrons. The molecule has 8 rings (SSSR count). The fourth-order valence-electron chi connectivity index (χ4n) is 12.5. The quantitative estimate of drug-likeness (QED) is 0.114. The molecule has 0 amide bonds. The fraction of sp³-hybridized carbons (Fsp3) is 1.00. The van der Waals surface area contributed by atoms with Gasteiger partial charge in [-0.25, -0.2) is 0 Å². The van der Waals surface area contributed by atoms with Crippen molar-refractivity contribution in [2.75, 3.05) is 20.8 Å². The van der Waals surface area contributed by atoms with Crippen LogP contribution in [-0.4, -0.2) is 205 Å². The highest BCUT2D eigenvalue weighted by Gasteiger charge is 2.62. The summed E-state index contributed by atoms with van der Waals surface area (Å²) in [6, 6.07) is 0. The summed E-state index contributed by atoms with van der Waals surface area (Å²) < 4.78 is 44.7. The summed E-state index contributed by atoms with van der Waals surface area (Å²) in [6.07, 6.45) is -17.6. The molecule has 0 aromatic carbocycles. The Balaban J connectivity index is 1.14. The average molecular weight is 835 g/mol. The van der Waals surface area contributed by atoms with Crippen molar-refractivity contribution < 1.29 is 89.3 Å². The van der Waals surface area contributed by atoms with Gasteiger partial charge in [-0.2, -0.15) is 0 Å². The van der Waals surface area contributed by atoms with Crippen LogP contribution in [-0.2, 0) is 33.2 Å². The van der Waals surface area contributed by atoms with Gasteiger partial charge in [-0.3, -0.25) is 0 Å². The fourth-order valence-corrected chi connectivity index (χ4v) is 12.5. The lowest BCUT2D eigenvalue weighted by Crippen LogP contribution is -2.68. The van der Waals surface area contributed by atoms with Gasteiger partial charge in [-0.05, 0) is 75.5 Å². The Kier molecular flexibility index (Phi) is 13.5. The molecule has 0 bridgehead atoms. The van der Waals surface area contributed by atoms with Crippen molar-refractivity contribution in [3.8, 4) is 0 Å². The van der Waals surface area contributed by atoms with E-state index in [1.54, 1.807) is 0 Å². The first-order valence-electron chi connectivity index (χ1n) is 21.5. The Morgan fingerprint density at radius 2 is 1.16 bits per heavy atom. The van der Waals surface area contributed by atoms with E-state index in [1.165, 1.54) is 14.2 Å². The van der Waals surface area contributed by atoms with Crippen LogP contribution in [0.15, 0.2) is 0 Å². The summed E-state index contributed by atoms with van der Waals surface area (Å²) >= 11 is 0. The number of hydrogen-bond acceptors (Lipinski definition) is 18. The van der Waals surface area contributed by atoms with Gasteiger partial charge in [0, 0.05) is 38.4 Å². The maximum atomic E-state index is 11.9. The van der Waals surface area contributed by atoms with Gasteiger partial charge in [0.05, 0.1) is 98.2 Å². The molecular weight excluding hydrogens is 768 g/mol. The molecule has 4 aliphatic heterocycles. The Hall–Kier alpha value is -0.720. The minimum Gasteiger partial charge on any atom is -0.394 e. The summed E-state index contributed by atoms with van der Waals surface area (Å²) in [5, 5.41) is 120. The summed E-state index contributed by atoms with van der Waals surface area (Å²) in [4.78, 5) is 0. The number of aliphatic hydroxyl groups is 11. The Bertz CT molecular complexity index is 1350. The smallest absolute Gasteiger partial charge is 0.187 e. The summed E-state index contributed by atoms with van der Waals surface area (Å²) in [7, 11) is 3.01. The molecule has 0 aromatic heterocycles. The highest BCUT2D eigenvalue weighted by molar-refractivity contribution is 5.10. The Morgan fingerprint density at radius 3 is 1.81 bits per heavy atom. The maximum absolute atomic E-state index is 11.9. The van der Waals surface area contributed by atoms with Crippen molar-refractivity contribution in [1.82, 2.24) is 0 Å². The Morgan fingerprint density at radius 1 is 0.483 bits per heavy atom.